The van der Waals surface area contributed by atoms with Crippen LogP contribution in [-0.4, -0.2) is 55.0 Å². The van der Waals surface area contributed by atoms with Crippen molar-refractivity contribution in [3.8, 4) is 0 Å². The summed E-state index contributed by atoms with van der Waals surface area (Å²) in [6, 6.07) is 0. The number of hydrogen-bond acceptors (Lipinski definition) is 8. The number of nitrogens with one attached hydrogen (secondary N) is 1. The van der Waals surface area contributed by atoms with Crippen molar-refractivity contribution in [2.75, 3.05) is 6.54 Å². The second-order valence-corrected chi connectivity index (χ2v) is 3.02. The average Bonchev–Trinajstić information content (AvgIpc) is 2.90. The summed E-state index contributed by atoms with van der Waals surface area (Å²) in [5, 5.41) is 38.8. The van der Waals surface area contributed by atoms with E-state index < -0.39 is 11.9 Å². The van der Waals surface area contributed by atoms with E-state index in [9.17, 15) is 9.59 Å². The van der Waals surface area contributed by atoms with Crippen LogP contribution in [0, 0.1) is 0 Å². The number of carboxylic acids is 2. The van der Waals surface area contributed by atoms with Gasteiger partial charge in [-0.1, -0.05) is 5.21 Å². The molecule has 3 N–H and O–H groups in total. The molecule has 1 aliphatic rings. The van der Waals surface area contributed by atoms with Gasteiger partial charge in [-0.05, 0) is 5.22 Å². The van der Waals surface area contributed by atoms with Gasteiger partial charge in [-0.25, -0.2) is 0 Å². The molecule has 11 nitrogen and oxygen atoms in total. The van der Waals surface area contributed by atoms with Gasteiger partial charge in [0, 0.05) is 0 Å². The van der Waals surface area contributed by atoms with Crippen molar-refractivity contribution in [2.45, 2.75) is 12.8 Å². The van der Waals surface area contributed by atoms with Crippen molar-refractivity contribution in [3.05, 3.63) is 5.82 Å². The Kier molecular flexibility index (Phi) is 5.02. The number of rotatable bonds is 4. The number of aromatic nitrogens is 4. The van der Waals surface area contributed by atoms with E-state index in [-0.39, 0.29) is 18.7 Å². The number of hydrogen-bond donors (Lipinski definition) is 3. The maximum Gasteiger partial charge on any atom is 0.311 e. The van der Waals surface area contributed by atoms with Gasteiger partial charge in [0.05, 0.1) is 12.1 Å². The Hall–Kier alpha value is -2.72. The van der Waals surface area contributed by atoms with E-state index in [2.05, 4.69) is 36.1 Å². The molecule has 0 saturated carbocycles. The van der Waals surface area contributed by atoms with Crippen LogP contribution in [0.3, 0.4) is 0 Å². The molecule has 0 saturated heterocycles. The van der Waals surface area contributed by atoms with Crippen molar-refractivity contribution in [1.29, 1.82) is 0 Å². The van der Waals surface area contributed by atoms with E-state index in [1.54, 1.807) is 0 Å². The smallest absolute Gasteiger partial charge is 0.311 e. The lowest BCUT2D eigenvalue weighted by molar-refractivity contribution is -0.137. The molecular weight excluding hydrogens is 246 g/mol. The predicted octanol–water partition coefficient (Wildman–Crippen LogP) is -0.890. The molecule has 1 aliphatic heterocycles. The van der Waals surface area contributed by atoms with Crippen LogP contribution >= 0.6 is 0 Å². The maximum absolute atomic E-state index is 9.99. The SMILES string of the molecule is O=C(O)CC1=NN=NC1.O=C(O)Cc1nn[nH]n1. The molecule has 1 aromatic heterocycles. The van der Waals surface area contributed by atoms with Crippen molar-refractivity contribution in [1.82, 2.24) is 20.6 Å². The Morgan fingerprint density at radius 1 is 1.22 bits per heavy atom. The molecule has 0 amide bonds. The summed E-state index contributed by atoms with van der Waals surface area (Å²) >= 11 is 0. The van der Waals surface area contributed by atoms with Gasteiger partial charge in [-0.2, -0.15) is 10.3 Å². The molecule has 0 unspecified atom stereocenters. The summed E-state index contributed by atoms with van der Waals surface area (Å²) < 4.78 is 0. The molecule has 96 valence electrons. The van der Waals surface area contributed by atoms with Gasteiger partial charge in [0.15, 0.2) is 5.82 Å². The summed E-state index contributed by atoms with van der Waals surface area (Å²) in [7, 11) is 0. The van der Waals surface area contributed by atoms with Gasteiger partial charge in [0.1, 0.15) is 13.0 Å². The topological polar surface area (TPSA) is 166 Å². The van der Waals surface area contributed by atoms with Crippen molar-refractivity contribution >= 4 is 17.7 Å². The maximum atomic E-state index is 9.99. The van der Waals surface area contributed by atoms with E-state index in [1.165, 1.54) is 0 Å². The van der Waals surface area contributed by atoms with Gasteiger partial charge in [-0.3, -0.25) is 9.59 Å². The Balaban J connectivity index is 0.000000180. The van der Waals surface area contributed by atoms with Gasteiger partial charge < -0.3 is 10.2 Å². The number of H-pyrrole nitrogens is 1. The van der Waals surface area contributed by atoms with E-state index in [0.717, 1.165) is 0 Å². The lowest BCUT2D eigenvalue weighted by Crippen LogP contribution is -2.06. The largest absolute Gasteiger partial charge is 0.481 e. The van der Waals surface area contributed by atoms with Crippen molar-refractivity contribution in [2.24, 2.45) is 15.4 Å². The molecule has 0 spiro atoms. The lowest BCUT2D eigenvalue weighted by Gasteiger charge is -1.87. The quantitative estimate of drug-likeness (QED) is 0.627. The molecule has 0 fully saturated rings. The number of aliphatic carboxylic acids is 2. The molecule has 2 rings (SSSR count). The van der Waals surface area contributed by atoms with Crippen LogP contribution in [-0.2, 0) is 16.0 Å². The zero-order chi connectivity index (χ0) is 13.4. The van der Waals surface area contributed by atoms with E-state index in [1.807, 2.05) is 0 Å². The third-order valence-electron chi connectivity index (χ3n) is 1.56. The Labute approximate surface area is 99.6 Å². The van der Waals surface area contributed by atoms with Crippen LogP contribution in [0.25, 0.3) is 0 Å². The number of nitrogens with zero attached hydrogens (tertiary/aromatic N) is 6. The highest BCUT2D eigenvalue weighted by atomic mass is 16.4. The molecule has 0 aromatic carbocycles. The minimum Gasteiger partial charge on any atom is -0.481 e. The minimum absolute atomic E-state index is 0.0486. The summed E-state index contributed by atoms with van der Waals surface area (Å²) in [5.74, 6) is -1.65. The summed E-state index contributed by atoms with van der Waals surface area (Å²) in [5.41, 5.74) is 0.516. The Bertz CT molecular complexity index is 466. The first-order valence-electron chi connectivity index (χ1n) is 4.66. The summed E-state index contributed by atoms with van der Waals surface area (Å²) in [4.78, 5) is 19.9. The van der Waals surface area contributed by atoms with Crippen LogP contribution in [0.2, 0.25) is 0 Å². The fourth-order valence-electron chi connectivity index (χ4n) is 0.898. The summed E-state index contributed by atoms with van der Waals surface area (Å²) in [6.07, 6.45) is -0.233. The highest BCUT2D eigenvalue weighted by molar-refractivity contribution is 5.99. The molecule has 0 atom stereocenters. The number of carbonyl (C=O) groups is 2. The van der Waals surface area contributed by atoms with E-state index in [4.69, 9.17) is 10.2 Å². The number of aromatic amines is 1. The van der Waals surface area contributed by atoms with E-state index in [0.29, 0.717) is 12.3 Å². The first-order valence-corrected chi connectivity index (χ1v) is 4.66. The van der Waals surface area contributed by atoms with Gasteiger partial charge in [0.25, 0.3) is 0 Å². The molecule has 11 heteroatoms. The second kappa shape index (κ2) is 6.78. The van der Waals surface area contributed by atoms with Crippen molar-refractivity contribution in [3.63, 3.8) is 0 Å². The fraction of sp³-hybridized carbons (Fsp3) is 0.429. The molecular formula is C7H9N7O4. The first-order chi connectivity index (χ1) is 8.58. The number of carboxylic acid groups (broad SMARTS) is 2. The van der Waals surface area contributed by atoms with Gasteiger partial charge in [0.2, 0.25) is 0 Å². The molecule has 0 radical (unpaired) electrons. The fourth-order valence-corrected chi connectivity index (χ4v) is 0.898. The zero-order valence-electron chi connectivity index (χ0n) is 9.02. The predicted molar refractivity (Wildman–Crippen MR) is 54.9 cm³/mol. The average molecular weight is 255 g/mol. The lowest BCUT2D eigenvalue weighted by atomic mass is 10.3. The third-order valence-corrected chi connectivity index (χ3v) is 1.56. The Morgan fingerprint density at radius 3 is 2.39 bits per heavy atom. The third kappa shape index (κ3) is 5.39. The van der Waals surface area contributed by atoms with Crippen LogP contribution in [0.4, 0.5) is 0 Å². The monoisotopic (exact) mass is 255 g/mol. The normalized spacial score (nSPS) is 12.6. The van der Waals surface area contributed by atoms with Crippen LogP contribution in [0.1, 0.15) is 12.2 Å². The Morgan fingerprint density at radius 2 is 1.94 bits per heavy atom. The van der Waals surface area contributed by atoms with Crippen LogP contribution < -0.4 is 0 Å². The highest BCUT2D eigenvalue weighted by Crippen LogP contribution is 1.97. The van der Waals surface area contributed by atoms with Gasteiger partial charge in [-0.15, -0.1) is 15.3 Å². The molecule has 0 bridgehead atoms. The van der Waals surface area contributed by atoms with Crippen LogP contribution in [0.5, 0.6) is 0 Å². The highest BCUT2D eigenvalue weighted by Gasteiger charge is 2.07. The van der Waals surface area contributed by atoms with Gasteiger partial charge >= 0.3 is 11.9 Å². The minimum atomic E-state index is -0.962. The molecule has 18 heavy (non-hydrogen) atoms. The standard InChI is InChI=1S/C4H5N3O2.C3H4N4O2/c8-4(9)1-3-2-5-7-6-3;8-3(9)1-2-4-6-7-5-2/h1-2H2,(H,8,9);1H2,(H,8,9)(H,4,5,6,7). The molecule has 1 aromatic rings. The van der Waals surface area contributed by atoms with E-state index >= 15 is 0 Å². The second-order valence-electron chi connectivity index (χ2n) is 3.02. The van der Waals surface area contributed by atoms with Crippen LogP contribution in [0.15, 0.2) is 15.4 Å². The van der Waals surface area contributed by atoms with Crippen molar-refractivity contribution < 1.29 is 19.8 Å². The first kappa shape index (κ1) is 13.3. The zero-order valence-corrected chi connectivity index (χ0v) is 9.02. The number of tetrazole rings is 1. The molecule has 0 aliphatic carbocycles. The molecule has 2 heterocycles. The summed E-state index contributed by atoms with van der Waals surface area (Å²) in [6.45, 7) is 0.340.